The first-order valence-electron chi connectivity index (χ1n) is 13.9. The van der Waals surface area contributed by atoms with E-state index in [4.69, 9.17) is 26.2 Å². The number of hydrogen-bond acceptors (Lipinski definition) is 5. The molecule has 2 rings (SSSR count). The maximum absolute atomic E-state index is 12.3. The number of benzene rings is 1. The van der Waals surface area contributed by atoms with Gasteiger partial charge in [0.15, 0.2) is 0 Å². The van der Waals surface area contributed by atoms with E-state index in [9.17, 15) is 4.79 Å². The third-order valence-electron chi connectivity index (χ3n) is 5.99. The highest BCUT2D eigenvalue weighted by Crippen LogP contribution is 2.22. The van der Waals surface area contributed by atoms with Crippen LogP contribution in [0.25, 0.3) is 0 Å². The number of aliphatic imine (C=N–C) groups is 1. The van der Waals surface area contributed by atoms with Gasteiger partial charge >= 0.3 is 6.09 Å². The van der Waals surface area contributed by atoms with E-state index in [1.165, 1.54) is 28.8 Å². The lowest BCUT2D eigenvalue weighted by Crippen LogP contribution is -2.49. The summed E-state index contributed by atoms with van der Waals surface area (Å²) in [6.45, 7) is 21.0. The summed E-state index contributed by atoms with van der Waals surface area (Å²) in [7, 11) is 0. The van der Waals surface area contributed by atoms with Gasteiger partial charge in [-0.05, 0) is 84.6 Å². The van der Waals surface area contributed by atoms with Crippen molar-refractivity contribution in [1.82, 2.24) is 9.80 Å². The molecule has 1 aromatic carbocycles. The minimum Gasteiger partial charge on any atom is -0.483 e. The lowest BCUT2D eigenvalue weighted by Gasteiger charge is -2.38. The van der Waals surface area contributed by atoms with Crippen LogP contribution < -0.4 is 0 Å². The van der Waals surface area contributed by atoms with Gasteiger partial charge in [-0.1, -0.05) is 56.2 Å². The van der Waals surface area contributed by atoms with Gasteiger partial charge in [0.25, 0.3) is 6.47 Å². The maximum atomic E-state index is 12.3. The Morgan fingerprint density at radius 2 is 1.68 bits per heavy atom. The third kappa shape index (κ3) is 14.9. The fourth-order valence-corrected chi connectivity index (χ4v) is 4.21. The van der Waals surface area contributed by atoms with Gasteiger partial charge in [-0.3, -0.25) is 9.79 Å². The van der Waals surface area contributed by atoms with Gasteiger partial charge in [-0.25, -0.2) is 4.79 Å². The van der Waals surface area contributed by atoms with E-state index in [1.807, 2.05) is 45.2 Å². The summed E-state index contributed by atoms with van der Waals surface area (Å²) >= 11 is 5.78. The molecule has 0 atom stereocenters. The van der Waals surface area contributed by atoms with Crippen molar-refractivity contribution in [2.45, 2.75) is 87.2 Å². The van der Waals surface area contributed by atoms with Gasteiger partial charge < -0.3 is 19.6 Å². The number of rotatable bonds is 7. The highest BCUT2D eigenvalue weighted by atomic mass is 35.5. The Bertz CT molecular complexity index is 1030. The van der Waals surface area contributed by atoms with Crippen LogP contribution in [0.4, 0.5) is 4.79 Å². The first kappa shape index (κ1) is 36.9. The molecule has 40 heavy (non-hydrogen) atoms. The third-order valence-corrected chi connectivity index (χ3v) is 6.23. The molecule has 0 radical (unpaired) electrons. The molecule has 0 aromatic heterocycles. The van der Waals surface area contributed by atoms with Crippen LogP contribution in [0.3, 0.4) is 0 Å². The Morgan fingerprint density at radius 1 is 1.10 bits per heavy atom. The van der Waals surface area contributed by atoms with Gasteiger partial charge in [0, 0.05) is 54.4 Å². The minimum absolute atomic E-state index is 0.226. The van der Waals surface area contributed by atoms with Crippen molar-refractivity contribution in [3.05, 3.63) is 70.0 Å². The molecule has 1 aliphatic rings. The SMILES string of the molecule is CCCc1cccc(Cl)c1.C\C=C(C)/C(C(/C)=N/C=C/CC)=C(/C)N1CCN(C(=O)OC(C)(C)C)CC1.O=CO. The van der Waals surface area contributed by atoms with E-state index < -0.39 is 5.60 Å². The summed E-state index contributed by atoms with van der Waals surface area (Å²) < 4.78 is 5.49. The second-order valence-electron chi connectivity index (χ2n) is 10.4. The molecule has 1 amide bonds. The molecule has 8 heteroatoms. The molecule has 1 saturated heterocycles. The van der Waals surface area contributed by atoms with Gasteiger partial charge in [0.1, 0.15) is 5.60 Å². The molecule has 1 fully saturated rings. The van der Waals surface area contributed by atoms with Gasteiger partial charge in [-0.15, -0.1) is 0 Å². The molecule has 1 aromatic rings. The van der Waals surface area contributed by atoms with Crippen LogP contribution in [0.2, 0.25) is 5.02 Å². The Morgan fingerprint density at radius 3 is 2.15 bits per heavy atom. The van der Waals surface area contributed by atoms with Crippen LogP contribution >= 0.6 is 11.6 Å². The molecule has 7 nitrogen and oxygen atoms in total. The van der Waals surface area contributed by atoms with Crippen molar-refractivity contribution < 1.29 is 19.4 Å². The highest BCUT2D eigenvalue weighted by Gasteiger charge is 2.26. The zero-order chi connectivity index (χ0) is 30.7. The normalized spacial score (nSPS) is 14.9. The van der Waals surface area contributed by atoms with Crippen LogP contribution in [0.5, 0.6) is 0 Å². The van der Waals surface area contributed by atoms with Crippen LogP contribution in [0, 0.1) is 0 Å². The van der Waals surface area contributed by atoms with Gasteiger partial charge in [-0.2, -0.15) is 0 Å². The van der Waals surface area contributed by atoms with E-state index in [2.05, 4.69) is 69.7 Å². The number of carbonyl (C=O) groups is 2. The number of amides is 1. The van der Waals surface area contributed by atoms with Crippen molar-refractivity contribution in [1.29, 1.82) is 0 Å². The second-order valence-corrected chi connectivity index (χ2v) is 10.8. The average Bonchev–Trinajstić information content (AvgIpc) is 2.89. The molecule has 0 unspecified atom stereocenters. The van der Waals surface area contributed by atoms with Crippen LogP contribution in [0.1, 0.15) is 80.7 Å². The zero-order valence-electron chi connectivity index (χ0n) is 26.0. The van der Waals surface area contributed by atoms with E-state index >= 15 is 0 Å². The summed E-state index contributed by atoms with van der Waals surface area (Å²) in [5, 5.41) is 7.73. The molecule has 1 heterocycles. The minimum atomic E-state index is -0.459. The van der Waals surface area contributed by atoms with Gasteiger partial charge in [0.05, 0.1) is 0 Å². The quantitative estimate of drug-likeness (QED) is 0.201. The van der Waals surface area contributed by atoms with Crippen molar-refractivity contribution in [3.8, 4) is 0 Å². The van der Waals surface area contributed by atoms with E-state index in [0.717, 1.165) is 36.7 Å². The number of hydrogen-bond donors (Lipinski definition) is 1. The average molecular weight is 576 g/mol. The number of halogens is 1. The lowest BCUT2D eigenvalue weighted by molar-refractivity contribution is -0.122. The fourth-order valence-electron chi connectivity index (χ4n) is 4.00. The van der Waals surface area contributed by atoms with E-state index in [0.29, 0.717) is 13.1 Å². The molecule has 0 bridgehead atoms. The van der Waals surface area contributed by atoms with Crippen molar-refractivity contribution in [2.75, 3.05) is 26.2 Å². The predicted molar refractivity (Wildman–Crippen MR) is 168 cm³/mol. The standard InChI is InChI=1S/C22H37N3O2.C9H11Cl.CH2O2/c1-9-11-12-23-18(4)20(17(3)10-2)19(5)24-13-15-25(16-14-24)21(26)27-22(6,7)8;1-2-4-8-5-3-6-9(10)7-8;2-1-3/h10-12H,9,13-16H2,1-8H3;3,5-7H,2,4H2,1H3;1H,(H,2,3)/b12-11+,17-10-,20-19+,23-18+;;. The van der Waals surface area contributed by atoms with Crippen molar-refractivity contribution in [3.63, 3.8) is 0 Å². The molecule has 0 saturated carbocycles. The Hall–Kier alpha value is -3.06. The van der Waals surface area contributed by atoms with E-state index in [-0.39, 0.29) is 12.6 Å². The number of nitrogens with zero attached hydrogens (tertiary/aromatic N) is 3. The summed E-state index contributed by atoms with van der Waals surface area (Å²) in [6.07, 6.45) is 9.12. The molecule has 1 aliphatic heterocycles. The van der Waals surface area contributed by atoms with Crippen LogP contribution in [-0.2, 0) is 16.0 Å². The summed E-state index contributed by atoms with van der Waals surface area (Å²) in [5.41, 5.74) is 5.50. The number of ether oxygens (including phenoxy) is 1. The molecular formula is C32H50ClN3O4. The first-order valence-corrected chi connectivity index (χ1v) is 14.3. The Labute approximate surface area is 247 Å². The fraction of sp³-hybridized carbons (Fsp3) is 0.531. The summed E-state index contributed by atoms with van der Waals surface area (Å²) in [5.74, 6) is 0. The molecular weight excluding hydrogens is 526 g/mol. The number of piperazine rings is 1. The zero-order valence-corrected chi connectivity index (χ0v) is 26.7. The highest BCUT2D eigenvalue weighted by molar-refractivity contribution is 6.30. The van der Waals surface area contributed by atoms with Crippen molar-refractivity contribution in [2.24, 2.45) is 4.99 Å². The van der Waals surface area contributed by atoms with Crippen molar-refractivity contribution >= 4 is 29.9 Å². The van der Waals surface area contributed by atoms with Crippen LogP contribution in [0.15, 0.2) is 64.5 Å². The lowest BCUT2D eigenvalue weighted by atomic mass is 10.00. The summed E-state index contributed by atoms with van der Waals surface area (Å²) in [4.78, 5) is 29.4. The number of carbonyl (C=O) groups excluding carboxylic acids is 1. The monoisotopic (exact) mass is 575 g/mol. The molecule has 0 spiro atoms. The maximum Gasteiger partial charge on any atom is 0.410 e. The first-order chi connectivity index (χ1) is 18.8. The second kappa shape index (κ2) is 19.9. The largest absolute Gasteiger partial charge is 0.483 e. The Balaban J connectivity index is 0.000000961. The molecule has 1 N–H and O–H groups in total. The van der Waals surface area contributed by atoms with Gasteiger partial charge in [0.2, 0.25) is 0 Å². The molecule has 224 valence electrons. The number of carboxylic acid groups (broad SMARTS) is 1. The number of aryl methyl sites for hydroxylation is 1. The smallest absolute Gasteiger partial charge is 0.410 e. The van der Waals surface area contributed by atoms with E-state index in [1.54, 1.807) is 4.90 Å². The summed E-state index contributed by atoms with van der Waals surface area (Å²) in [6, 6.07) is 8.02. The number of allylic oxidation sites excluding steroid dienone is 5. The molecule has 0 aliphatic carbocycles. The van der Waals surface area contributed by atoms with Crippen LogP contribution in [-0.4, -0.2) is 65.0 Å². The Kier molecular flexibility index (Phi) is 18.4. The topological polar surface area (TPSA) is 82.4 Å². The predicted octanol–water partition coefficient (Wildman–Crippen LogP) is 8.16.